The quantitative estimate of drug-likeness (QED) is 0.774. The molecule has 3 N–H and O–H groups in total. The van der Waals surface area contributed by atoms with Crippen molar-refractivity contribution in [2.45, 2.75) is 52.0 Å². The number of likely N-dealkylation sites (tertiary alicyclic amines) is 1. The van der Waals surface area contributed by atoms with E-state index in [4.69, 9.17) is 5.73 Å². The number of amides is 1. The Kier molecular flexibility index (Phi) is 4.37. The van der Waals surface area contributed by atoms with Gasteiger partial charge in [0.15, 0.2) is 0 Å². The molecule has 2 atom stereocenters. The highest BCUT2D eigenvalue weighted by Gasteiger charge is 2.46. The average Bonchev–Trinajstić information content (AvgIpc) is 2.73. The van der Waals surface area contributed by atoms with Crippen LogP contribution in [-0.2, 0) is 9.59 Å². The molecule has 0 aliphatic carbocycles. The molecule has 1 saturated heterocycles. The molecule has 0 bridgehead atoms. The van der Waals surface area contributed by atoms with Crippen molar-refractivity contribution >= 4 is 11.9 Å². The molecule has 2 unspecified atom stereocenters. The molecule has 0 radical (unpaired) electrons. The standard InChI is InChI=1S/C13H24N2O3/c1-4-6-12(3,14)10(16)15-8-7-13(5-2,9-15)11(17)18/h4-9,14H2,1-3H3,(H,17,18). The molecule has 104 valence electrons. The summed E-state index contributed by atoms with van der Waals surface area (Å²) in [6.45, 7) is 6.35. The summed E-state index contributed by atoms with van der Waals surface area (Å²) >= 11 is 0. The second kappa shape index (κ2) is 5.26. The first kappa shape index (κ1) is 15.0. The molecule has 1 fully saturated rings. The van der Waals surface area contributed by atoms with Crippen LogP contribution in [0.25, 0.3) is 0 Å². The predicted octanol–water partition coefficient (Wildman–Crippen LogP) is 1.22. The summed E-state index contributed by atoms with van der Waals surface area (Å²) in [7, 11) is 0. The fourth-order valence-corrected chi connectivity index (χ4v) is 2.65. The molecule has 18 heavy (non-hydrogen) atoms. The zero-order valence-corrected chi connectivity index (χ0v) is 11.5. The second-order valence-corrected chi connectivity index (χ2v) is 5.58. The first-order valence-corrected chi connectivity index (χ1v) is 6.61. The number of hydrogen-bond donors (Lipinski definition) is 2. The van der Waals surface area contributed by atoms with Gasteiger partial charge in [0.2, 0.25) is 5.91 Å². The lowest BCUT2D eigenvalue weighted by atomic mass is 9.84. The highest BCUT2D eigenvalue weighted by Crippen LogP contribution is 2.35. The van der Waals surface area contributed by atoms with Crippen LogP contribution in [0, 0.1) is 5.41 Å². The van der Waals surface area contributed by atoms with Crippen LogP contribution in [0.1, 0.15) is 46.5 Å². The predicted molar refractivity (Wildman–Crippen MR) is 69.1 cm³/mol. The van der Waals surface area contributed by atoms with E-state index in [1.807, 2.05) is 13.8 Å². The minimum absolute atomic E-state index is 0.124. The minimum Gasteiger partial charge on any atom is -0.481 e. The average molecular weight is 256 g/mol. The Balaban J connectivity index is 2.78. The van der Waals surface area contributed by atoms with Gasteiger partial charge in [0.05, 0.1) is 11.0 Å². The maximum absolute atomic E-state index is 12.3. The molecule has 1 heterocycles. The zero-order chi connectivity index (χ0) is 14.0. The molecule has 0 aromatic heterocycles. The summed E-state index contributed by atoms with van der Waals surface area (Å²) in [6.07, 6.45) is 2.52. The van der Waals surface area contributed by atoms with Gasteiger partial charge < -0.3 is 15.7 Å². The number of nitrogens with two attached hydrogens (primary N) is 1. The van der Waals surface area contributed by atoms with Gasteiger partial charge in [0, 0.05) is 13.1 Å². The van der Waals surface area contributed by atoms with Crippen LogP contribution in [0.3, 0.4) is 0 Å². The van der Waals surface area contributed by atoms with E-state index in [-0.39, 0.29) is 12.5 Å². The molecule has 0 saturated carbocycles. The summed E-state index contributed by atoms with van der Waals surface area (Å²) in [4.78, 5) is 25.2. The first-order chi connectivity index (χ1) is 8.29. The Morgan fingerprint density at radius 1 is 1.44 bits per heavy atom. The van der Waals surface area contributed by atoms with Crippen molar-refractivity contribution < 1.29 is 14.7 Å². The van der Waals surface area contributed by atoms with Crippen LogP contribution in [0.2, 0.25) is 0 Å². The molecule has 5 heteroatoms. The van der Waals surface area contributed by atoms with Crippen molar-refractivity contribution in [2.75, 3.05) is 13.1 Å². The lowest BCUT2D eigenvalue weighted by Crippen LogP contribution is -2.53. The van der Waals surface area contributed by atoms with Crippen LogP contribution in [-0.4, -0.2) is 40.5 Å². The Morgan fingerprint density at radius 2 is 2.06 bits per heavy atom. The lowest BCUT2D eigenvalue weighted by Gasteiger charge is -2.30. The molecule has 0 spiro atoms. The molecular weight excluding hydrogens is 232 g/mol. The van der Waals surface area contributed by atoms with Gasteiger partial charge in [-0.15, -0.1) is 0 Å². The number of carboxylic acid groups (broad SMARTS) is 1. The van der Waals surface area contributed by atoms with Crippen LogP contribution < -0.4 is 5.73 Å². The number of carboxylic acids is 1. The smallest absolute Gasteiger partial charge is 0.311 e. The molecular formula is C13H24N2O3. The molecule has 1 amide bonds. The van der Waals surface area contributed by atoms with Crippen LogP contribution in [0.4, 0.5) is 0 Å². The van der Waals surface area contributed by atoms with Crippen molar-refractivity contribution in [1.82, 2.24) is 4.90 Å². The van der Waals surface area contributed by atoms with Gasteiger partial charge in [-0.3, -0.25) is 9.59 Å². The number of hydrogen-bond acceptors (Lipinski definition) is 3. The molecule has 1 aliphatic rings. The van der Waals surface area contributed by atoms with Gasteiger partial charge in [-0.2, -0.15) is 0 Å². The van der Waals surface area contributed by atoms with E-state index in [2.05, 4.69) is 0 Å². The van der Waals surface area contributed by atoms with Crippen molar-refractivity contribution in [3.05, 3.63) is 0 Å². The molecule has 0 aromatic carbocycles. The summed E-state index contributed by atoms with van der Waals surface area (Å²) in [5.41, 5.74) is 4.36. The van der Waals surface area contributed by atoms with Crippen molar-refractivity contribution in [3.63, 3.8) is 0 Å². The lowest BCUT2D eigenvalue weighted by molar-refractivity contribution is -0.149. The fraction of sp³-hybridized carbons (Fsp3) is 0.846. The van der Waals surface area contributed by atoms with Crippen LogP contribution in [0.5, 0.6) is 0 Å². The van der Waals surface area contributed by atoms with Gasteiger partial charge in [0.1, 0.15) is 0 Å². The highest BCUT2D eigenvalue weighted by atomic mass is 16.4. The van der Waals surface area contributed by atoms with E-state index >= 15 is 0 Å². The summed E-state index contributed by atoms with van der Waals surface area (Å²) in [5, 5.41) is 9.30. The van der Waals surface area contributed by atoms with Crippen LogP contribution in [0.15, 0.2) is 0 Å². The Morgan fingerprint density at radius 3 is 2.44 bits per heavy atom. The van der Waals surface area contributed by atoms with Gasteiger partial charge in [-0.05, 0) is 26.2 Å². The van der Waals surface area contributed by atoms with Crippen molar-refractivity contribution in [2.24, 2.45) is 11.1 Å². The molecule has 0 aromatic rings. The first-order valence-electron chi connectivity index (χ1n) is 6.61. The Bertz CT molecular complexity index is 341. The van der Waals surface area contributed by atoms with E-state index in [9.17, 15) is 14.7 Å². The Labute approximate surface area is 108 Å². The Hall–Kier alpha value is -1.10. The number of carbonyl (C=O) groups excluding carboxylic acids is 1. The molecule has 1 rings (SSSR count). The van der Waals surface area contributed by atoms with E-state index < -0.39 is 16.9 Å². The second-order valence-electron chi connectivity index (χ2n) is 5.58. The van der Waals surface area contributed by atoms with Crippen LogP contribution >= 0.6 is 0 Å². The summed E-state index contributed by atoms with van der Waals surface area (Å²) in [5.74, 6) is -0.935. The van der Waals surface area contributed by atoms with E-state index in [0.29, 0.717) is 25.8 Å². The van der Waals surface area contributed by atoms with Gasteiger partial charge in [0.25, 0.3) is 0 Å². The SMILES string of the molecule is CCCC(C)(N)C(=O)N1CCC(CC)(C(=O)O)C1. The van der Waals surface area contributed by atoms with E-state index in [1.165, 1.54) is 0 Å². The van der Waals surface area contributed by atoms with Crippen molar-refractivity contribution in [1.29, 1.82) is 0 Å². The molecule has 5 nitrogen and oxygen atoms in total. The number of rotatable bonds is 5. The molecule has 1 aliphatic heterocycles. The summed E-state index contributed by atoms with van der Waals surface area (Å²) < 4.78 is 0. The van der Waals surface area contributed by atoms with E-state index in [1.54, 1.807) is 11.8 Å². The normalized spacial score (nSPS) is 27.0. The largest absolute Gasteiger partial charge is 0.481 e. The monoisotopic (exact) mass is 256 g/mol. The third kappa shape index (κ3) is 2.66. The summed E-state index contributed by atoms with van der Waals surface area (Å²) in [6, 6.07) is 0. The maximum atomic E-state index is 12.3. The third-order valence-electron chi connectivity index (χ3n) is 4.03. The number of nitrogens with zero attached hydrogens (tertiary/aromatic N) is 1. The van der Waals surface area contributed by atoms with E-state index in [0.717, 1.165) is 6.42 Å². The highest BCUT2D eigenvalue weighted by molar-refractivity contribution is 5.87. The number of aliphatic carboxylic acids is 1. The fourth-order valence-electron chi connectivity index (χ4n) is 2.65. The minimum atomic E-state index is -0.878. The van der Waals surface area contributed by atoms with Crippen molar-refractivity contribution in [3.8, 4) is 0 Å². The zero-order valence-electron chi connectivity index (χ0n) is 11.5. The number of carbonyl (C=O) groups is 2. The van der Waals surface area contributed by atoms with Gasteiger partial charge in [-0.1, -0.05) is 20.3 Å². The van der Waals surface area contributed by atoms with Gasteiger partial charge in [-0.25, -0.2) is 0 Å². The third-order valence-corrected chi connectivity index (χ3v) is 4.03. The topological polar surface area (TPSA) is 83.6 Å². The van der Waals surface area contributed by atoms with Gasteiger partial charge >= 0.3 is 5.97 Å². The maximum Gasteiger partial charge on any atom is 0.311 e.